The summed E-state index contributed by atoms with van der Waals surface area (Å²) in [6.07, 6.45) is 5.32. The molecule has 0 saturated heterocycles. The lowest BCUT2D eigenvalue weighted by Crippen LogP contribution is -2.29. The molecule has 1 aromatic rings. The van der Waals surface area contributed by atoms with Gasteiger partial charge in [-0.3, -0.25) is 0 Å². The number of nitrogens with one attached hydrogen (secondary N) is 1. The molecule has 0 aliphatic heterocycles. The quantitative estimate of drug-likeness (QED) is 0.629. The van der Waals surface area contributed by atoms with Crippen LogP contribution in [-0.2, 0) is 6.54 Å². The number of methoxy groups -OCH3 is 1. The summed E-state index contributed by atoms with van der Waals surface area (Å²) in [5.41, 5.74) is 1.30. The molecular formula is C17H30N2O. The number of ether oxygens (including phenoxy) is 1. The van der Waals surface area contributed by atoms with Gasteiger partial charge in [0.05, 0.1) is 7.11 Å². The molecule has 0 fully saturated rings. The molecule has 1 aromatic carbocycles. The van der Waals surface area contributed by atoms with E-state index in [1.54, 1.807) is 7.11 Å². The number of rotatable bonds is 11. The molecule has 20 heavy (non-hydrogen) atoms. The Hall–Kier alpha value is -1.06. The maximum absolute atomic E-state index is 5.25. The summed E-state index contributed by atoms with van der Waals surface area (Å²) in [4.78, 5) is 2.34. The summed E-state index contributed by atoms with van der Waals surface area (Å²) < 4.78 is 5.25. The third-order valence-electron chi connectivity index (χ3n) is 3.46. The van der Waals surface area contributed by atoms with Gasteiger partial charge in [-0.1, -0.05) is 38.3 Å². The molecule has 114 valence electrons. The number of hydrogen-bond donors (Lipinski definition) is 1. The van der Waals surface area contributed by atoms with Gasteiger partial charge in [-0.25, -0.2) is 0 Å². The van der Waals surface area contributed by atoms with Crippen molar-refractivity contribution in [1.29, 1.82) is 0 Å². The van der Waals surface area contributed by atoms with Crippen LogP contribution in [0.1, 0.15) is 38.2 Å². The van der Waals surface area contributed by atoms with Crippen molar-refractivity contribution in [2.75, 3.05) is 33.8 Å². The second-order valence-corrected chi connectivity index (χ2v) is 5.40. The van der Waals surface area contributed by atoms with Crippen molar-refractivity contribution in [3.8, 4) is 5.75 Å². The zero-order valence-electron chi connectivity index (χ0n) is 13.3. The molecule has 0 spiro atoms. The first kappa shape index (κ1) is 17.0. The SMILES string of the molecule is CCCCCCNCCN(C)Cc1cccc(OC)c1. The zero-order chi connectivity index (χ0) is 14.6. The first-order chi connectivity index (χ1) is 9.76. The summed E-state index contributed by atoms with van der Waals surface area (Å²) in [7, 11) is 3.88. The van der Waals surface area contributed by atoms with Crippen LogP contribution in [0.5, 0.6) is 5.75 Å². The molecule has 1 rings (SSSR count). The van der Waals surface area contributed by atoms with E-state index in [-0.39, 0.29) is 0 Å². The van der Waals surface area contributed by atoms with Gasteiger partial charge >= 0.3 is 0 Å². The molecule has 0 radical (unpaired) electrons. The molecule has 0 aliphatic carbocycles. The van der Waals surface area contributed by atoms with Gasteiger partial charge in [-0.05, 0) is 37.7 Å². The highest BCUT2D eigenvalue weighted by molar-refractivity contribution is 5.28. The molecule has 0 aliphatic rings. The molecule has 0 saturated carbocycles. The summed E-state index contributed by atoms with van der Waals surface area (Å²) in [5, 5.41) is 3.52. The van der Waals surface area contributed by atoms with Crippen LogP contribution < -0.4 is 10.1 Å². The second-order valence-electron chi connectivity index (χ2n) is 5.40. The van der Waals surface area contributed by atoms with Crippen LogP contribution >= 0.6 is 0 Å². The fourth-order valence-electron chi connectivity index (χ4n) is 2.23. The molecule has 3 nitrogen and oxygen atoms in total. The van der Waals surface area contributed by atoms with Crippen molar-refractivity contribution in [2.45, 2.75) is 39.2 Å². The minimum atomic E-state index is 0.935. The normalized spacial score (nSPS) is 11.0. The van der Waals surface area contributed by atoms with Gasteiger partial charge in [0.15, 0.2) is 0 Å². The van der Waals surface area contributed by atoms with E-state index in [2.05, 4.69) is 36.3 Å². The van der Waals surface area contributed by atoms with Crippen molar-refractivity contribution < 1.29 is 4.74 Å². The Kier molecular flexibility index (Phi) is 9.09. The molecule has 3 heteroatoms. The molecular weight excluding hydrogens is 248 g/mol. The predicted molar refractivity (Wildman–Crippen MR) is 86.3 cm³/mol. The van der Waals surface area contributed by atoms with E-state index in [1.165, 1.54) is 31.2 Å². The van der Waals surface area contributed by atoms with E-state index in [9.17, 15) is 0 Å². The van der Waals surface area contributed by atoms with Crippen molar-refractivity contribution in [1.82, 2.24) is 10.2 Å². The molecule has 0 unspecified atom stereocenters. The predicted octanol–water partition coefficient (Wildman–Crippen LogP) is 3.30. The van der Waals surface area contributed by atoms with Crippen LogP contribution in [0.3, 0.4) is 0 Å². The number of hydrogen-bond acceptors (Lipinski definition) is 3. The Morgan fingerprint density at radius 3 is 2.75 bits per heavy atom. The number of benzene rings is 1. The maximum Gasteiger partial charge on any atom is 0.119 e. The minimum Gasteiger partial charge on any atom is -0.497 e. The monoisotopic (exact) mass is 278 g/mol. The maximum atomic E-state index is 5.25. The van der Waals surface area contributed by atoms with Crippen molar-refractivity contribution in [2.24, 2.45) is 0 Å². The van der Waals surface area contributed by atoms with E-state index in [0.29, 0.717) is 0 Å². The first-order valence-corrected chi connectivity index (χ1v) is 7.78. The van der Waals surface area contributed by atoms with Crippen molar-refractivity contribution >= 4 is 0 Å². The van der Waals surface area contributed by atoms with Crippen LogP contribution in [0.2, 0.25) is 0 Å². The Labute approximate surface area is 124 Å². The van der Waals surface area contributed by atoms with Gasteiger partial charge in [0, 0.05) is 19.6 Å². The lowest BCUT2D eigenvalue weighted by atomic mass is 10.2. The number of likely N-dealkylation sites (N-methyl/N-ethyl adjacent to an activating group) is 1. The largest absolute Gasteiger partial charge is 0.497 e. The number of nitrogens with zero attached hydrogens (tertiary/aromatic N) is 1. The Morgan fingerprint density at radius 1 is 1.15 bits per heavy atom. The molecule has 0 bridgehead atoms. The van der Waals surface area contributed by atoms with E-state index < -0.39 is 0 Å². The second kappa shape index (κ2) is 10.7. The van der Waals surface area contributed by atoms with E-state index in [1.807, 2.05) is 12.1 Å². The van der Waals surface area contributed by atoms with Gasteiger partial charge in [0.2, 0.25) is 0 Å². The molecule has 1 N–H and O–H groups in total. The van der Waals surface area contributed by atoms with E-state index in [4.69, 9.17) is 4.74 Å². The summed E-state index contributed by atoms with van der Waals surface area (Å²) >= 11 is 0. The standard InChI is InChI=1S/C17H30N2O/c1-4-5-6-7-11-18-12-13-19(2)15-16-9-8-10-17(14-16)20-3/h8-10,14,18H,4-7,11-13,15H2,1-3H3. The minimum absolute atomic E-state index is 0.935. The van der Waals surface area contributed by atoms with Gasteiger partial charge in [-0.15, -0.1) is 0 Å². The molecule has 0 atom stereocenters. The highest BCUT2D eigenvalue weighted by Crippen LogP contribution is 2.13. The average molecular weight is 278 g/mol. The summed E-state index contributed by atoms with van der Waals surface area (Å²) in [6, 6.07) is 8.29. The van der Waals surface area contributed by atoms with Gasteiger partial charge in [-0.2, -0.15) is 0 Å². The van der Waals surface area contributed by atoms with Crippen molar-refractivity contribution in [3.05, 3.63) is 29.8 Å². The van der Waals surface area contributed by atoms with Crippen LogP contribution in [-0.4, -0.2) is 38.7 Å². The molecule has 0 aromatic heterocycles. The van der Waals surface area contributed by atoms with Gasteiger partial charge in [0.1, 0.15) is 5.75 Å². The van der Waals surface area contributed by atoms with Crippen LogP contribution in [0.4, 0.5) is 0 Å². The Bertz CT molecular complexity index is 355. The molecule has 0 heterocycles. The van der Waals surface area contributed by atoms with Gasteiger partial charge in [0.25, 0.3) is 0 Å². The number of unbranched alkanes of at least 4 members (excludes halogenated alkanes) is 3. The zero-order valence-corrected chi connectivity index (χ0v) is 13.3. The van der Waals surface area contributed by atoms with Gasteiger partial charge < -0.3 is 15.0 Å². The summed E-state index contributed by atoms with van der Waals surface area (Å²) in [5.74, 6) is 0.935. The third-order valence-corrected chi connectivity index (χ3v) is 3.46. The highest BCUT2D eigenvalue weighted by atomic mass is 16.5. The topological polar surface area (TPSA) is 24.5 Å². The lowest BCUT2D eigenvalue weighted by Gasteiger charge is -2.17. The fraction of sp³-hybridized carbons (Fsp3) is 0.647. The van der Waals surface area contributed by atoms with E-state index in [0.717, 1.165) is 31.9 Å². The summed E-state index contributed by atoms with van der Waals surface area (Å²) in [6.45, 7) is 6.50. The Balaban J connectivity index is 2.12. The van der Waals surface area contributed by atoms with Crippen LogP contribution in [0, 0.1) is 0 Å². The molecule has 0 amide bonds. The Morgan fingerprint density at radius 2 is 2.00 bits per heavy atom. The first-order valence-electron chi connectivity index (χ1n) is 7.78. The van der Waals surface area contributed by atoms with Crippen molar-refractivity contribution in [3.63, 3.8) is 0 Å². The lowest BCUT2D eigenvalue weighted by molar-refractivity contribution is 0.323. The highest BCUT2D eigenvalue weighted by Gasteiger charge is 2.01. The smallest absolute Gasteiger partial charge is 0.119 e. The van der Waals surface area contributed by atoms with Crippen LogP contribution in [0.15, 0.2) is 24.3 Å². The average Bonchev–Trinajstić information content (AvgIpc) is 2.46. The third kappa shape index (κ3) is 7.51. The van der Waals surface area contributed by atoms with Crippen LogP contribution in [0.25, 0.3) is 0 Å². The fourth-order valence-corrected chi connectivity index (χ4v) is 2.23. The van der Waals surface area contributed by atoms with E-state index >= 15 is 0 Å².